The van der Waals surface area contributed by atoms with E-state index in [1.165, 1.54) is 5.56 Å². The van der Waals surface area contributed by atoms with Crippen molar-refractivity contribution in [3.8, 4) is 0 Å². The molecule has 0 saturated carbocycles. The molecule has 0 radical (unpaired) electrons. The van der Waals surface area contributed by atoms with Crippen LogP contribution in [-0.4, -0.2) is 29.9 Å². The van der Waals surface area contributed by atoms with Gasteiger partial charge >= 0.3 is 0 Å². The summed E-state index contributed by atoms with van der Waals surface area (Å²) in [6, 6.07) is 10.5. The van der Waals surface area contributed by atoms with Gasteiger partial charge in [-0.15, -0.1) is 0 Å². The maximum absolute atomic E-state index is 12.2. The maximum Gasteiger partial charge on any atom is 0.223 e. The molecular formula is C15H22N2O. The number of nitrogens with zero attached hydrogens (tertiary/aromatic N) is 1. The van der Waals surface area contributed by atoms with Crippen molar-refractivity contribution in [2.45, 2.75) is 32.2 Å². The fraction of sp³-hybridized carbons (Fsp3) is 0.533. The second-order valence-corrected chi connectivity index (χ2v) is 5.22. The minimum absolute atomic E-state index is 0.266. The Kier molecular flexibility index (Phi) is 4.37. The zero-order valence-electron chi connectivity index (χ0n) is 11.0. The Morgan fingerprint density at radius 1 is 1.39 bits per heavy atom. The maximum atomic E-state index is 12.2. The van der Waals surface area contributed by atoms with E-state index < -0.39 is 0 Å². The SMILES string of the molecule is CC1CC(CN)CN1C(=O)CCc1ccccc1. The van der Waals surface area contributed by atoms with Crippen molar-refractivity contribution in [1.82, 2.24) is 4.90 Å². The highest BCUT2D eigenvalue weighted by Gasteiger charge is 2.30. The highest BCUT2D eigenvalue weighted by atomic mass is 16.2. The standard InChI is InChI=1S/C15H22N2O/c1-12-9-14(10-16)11-17(12)15(18)8-7-13-5-3-2-4-6-13/h2-6,12,14H,7-11,16H2,1H3. The second kappa shape index (κ2) is 6.01. The van der Waals surface area contributed by atoms with Crippen LogP contribution >= 0.6 is 0 Å². The molecule has 3 heteroatoms. The molecule has 1 aromatic carbocycles. The third-order valence-corrected chi connectivity index (χ3v) is 3.79. The third kappa shape index (κ3) is 3.10. The molecular weight excluding hydrogens is 224 g/mol. The van der Waals surface area contributed by atoms with Crippen LogP contribution in [0.4, 0.5) is 0 Å². The molecule has 2 N–H and O–H groups in total. The van der Waals surface area contributed by atoms with Crippen LogP contribution in [0, 0.1) is 5.92 Å². The number of likely N-dealkylation sites (tertiary alicyclic amines) is 1. The quantitative estimate of drug-likeness (QED) is 0.880. The molecule has 1 fully saturated rings. The summed E-state index contributed by atoms with van der Waals surface area (Å²) < 4.78 is 0. The monoisotopic (exact) mass is 246 g/mol. The van der Waals surface area contributed by atoms with Gasteiger partial charge in [0.2, 0.25) is 5.91 Å². The van der Waals surface area contributed by atoms with Crippen molar-refractivity contribution in [2.24, 2.45) is 11.7 Å². The van der Waals surface area contributed by atoms with E-state index >= 15 is 0 Å². The topological polar surface area (TPSA) is 46.3 Å². The van der Waals surface area contributed by atoms with E-state index in [1.807, 2.05) is 23.1 Å². The molecule has 18 heavy (non-hydrogen) atoms. The van der Waals surface area contributed by atoms with E-state index in [-0.39, 0.29) is 5.91 Å². The first-order valence-corrected chi connectivity index (χ1v) is 6.74. The van der Waals surface area contributed by atoms with Crippen LogP contribution in [0.5, 0.6) is 0 Å². The van der Waals surface area contributed by atoms with E-state index in [4.69, 9.17) is 5.73 Å². The summed E-state index contributed by atoms with van der Waals surface area (Å²) in [6.45, 7) is 3.65. The molecule has 1 aromatic rings. The van der Waals surface area contributed by atoms with Gasteiger partial charge in [0.1, 0.15) is 0 Å². The molecule has 98 valence electrons. The number of rotatable bonds is 4. The van der Waals surface area contributed by atoms with E-state index in [9.17, 15) is 4.79 Å². The molecule has 0 aromatic heterocycles. The fourth-order valence-corrected chi connectivity index (χ4v) is 2.70. The molecule has 1 saturated heterocycles. The number of amides is 1. The van der Waals surface area contributed by atoms with Crippen molar-refractivity contribution >= 4 is 5.91 Å². The summed E-state index contributed by atoms with van der Waals surface area (Å²) >= 11 is 0. The lowest BCUT2D eigenvalue weighted by Gasteiger charge is -2.21. The molecule has 2 unspecified atom stereocenters. The Morgan fingerprint density at radius 3 is 2.72 bits per heavy atom. The molecule has 1 aliphatic heterocycles. The summed E-state index contributed by atoms with van der Waals surface area (Å²) in [5.74, 6) is 0.753. The van der Waals surface area contributed by atoms with Crippen molar-refractivity contribution in [3.05, 3.63) is 35.9 Å². The number of nitrogens with two attached hydrogens (primary N) is 1. The molecule has 2 atom stereocenters. The van der Waals surface area contributed by atoms with Gasteiger partial charge < -0.3 is 10.6 Å². The van der Waals surface area contributed by atoms with Crippen molar-refractivity contribution in [1.29, 1.82) is 0 Å². The fourth-order valence-electron chi connectivity index (χ4n) is 2.70. The summed E-state index contributed by atoms with van der Waals surface area (Å²) in [5.41, 5.74) is 6.92. The highest BCUT2D eigenvalue weighted by Crippen LogP contribution is 2.23. The van der Waals surface area contributed by atoms with Crippen molar-refractivity contribution < 1.29 is 4.79 Å². The number of benzene rings is 1. The second-order valence-electron chi connectivity index (χ2n) is 5.22. The van der Waals surface area contributed by atoms with Crippen LogP contribution in [0.2, 0.25) is 0 Å². The number of hydrogen-bond acceptors (Lipinski definition) is 2. The van der Waals surface area contributed by atoms with Crippen LogP contribution in [0.25, 0.3) is 0 Å². The molecule has 1 heterocycles. The number of hydrogen-bond donors (Lipinski definition) is 1. The minimum Gasteiger partial charge on any atom is -0.340 e. The number of carbonyl (C=O) groups excluding carboxylic acids is 1. The highest BCUT2D eigenvalue weighted by molar-refractivity contribution is 5.77. The average molecular weight is 246 g/mol. The molecule has 1 aliphatic rings. The average Bonchev–Trinajstić information content (AvgIpc) is 2.78. The van der Waals surface area contributed by atoms with Crippen molar-refractivity contribution in [3.63, 3.8) is 0 Å². The van der Waals surface area contributed by atoms with Crippen LogP contribution in [0.15, 0.2) is 30.3 Å². The molecule has 1 amide bonds. The minimum atomic E-state index is 0.266. The van der Waals surface area contributed by atoms with Gasteiger partial charge in [0.25, 0.3) is 0 Å². The lowest BCUT2D eigenvalue weighted by Crippen LogP contribution is -2.34. The summed E-state index contributed by atoms with van der Waals surface area (Å²) in [7, 11) is 0. The number of carbonyl (C=O) groups is 1. The van der Waals surface area contributed by atoms with E-state index in [0.717, 1.165) is 19.4 Å². The number of aryl methyl sites for hydroxylation is 1. The lowest BCUT2D eigenvalue weighted by atomic mass is 10.1. The first-order chi connectivity index (χ1) is 8.70. The Bertz CT molecular complexity index is 391. The van der Waals surface area contributed by atoms with E-state index in [1.54, 1.807) is 0 Å². The van der Waals surface area contributed by atoms with Crippen LogP contribution in [-0.2, 0) is 11.2 Å². The summed E-state index contributed by atoms with van der Waals surface area (Å²) in [5, 5.41) is 0. The molecule has 0 aliphatic carbocycles. The van der Waals surface area contributed by atoms with Gasteiger partial charge in [-0.25, -0.2) is 0 Å². The van der Waals surface area contributed by atoms with Crippen LogP contribution < -0.4 is 5.73 Å². The summed E-state index contributed by atoms with van der Waals surface area (Å²) in [6.07, 6.45) is 2.48. The van der Waals surface area contributed by atoms with Crippen molar-refractivity contribution in [2.75, 3.05) is 13.1 Å². The van der Waals surface area contributed by atoms with Gasteiger partial charge in [0.15, 0.2) is 0 Å². The molecule has 3 nitrogen and oxygen atoms in total. The van der Waals surface area contributed by atoms with Crippen LogP contribution in [0.1, 0.15) is 25.3 Å². The Balaban J connectivity index is 1.85. The van der Waals surface area contributed by atoms with Crippen LogP contribution in [0.3, 0.4) is 0 Å². The normalized spacial score (nSPS) is 23.3. The molecule has 2 rings (SSSR count). The largest absolute Gasteiger partial charge is 0.340 e. The Labute approximate surface area is 109 Å². The Hall–Kier alpha value is -1.35. The predicted octanol–water partition coefficient (Wildman–Crippen LogP) is 1.81. The smallest absolute Gasteiger partial charge is 0.223 e. The molecule has 0 spiro atoms. The van der Waals surface area contributed by atoms with Gasteiger partial charge in [0.05, 0.1) is 0 Å². The van der Waals surface area contributed by atoms with Gasteiger partial charge in [-0.1, -0.05) is 30.3 Å². The first kappa shape index (κ1) is 13.1. The lowest BCUT2D eigenvalue weighted by molar-refractivity contribution is -0.131. The van der Waals surface area contributed by atoms with Gasteiger partial charge in [-0.05, 0) is 37.8 Å². The summed E-state index contributed by atoms with van der Waals surface area (Å²) in [4.78, 5) is 14.2. The van der Waals surface area contributed by atoms with Gasteiger partial charge in [-0.2, -0.15) is 0 Å². The van der Waals surface area contributed by atoms with Gasteiger partial charge in [-0.3, -0.25) is 4.79 Å². The zero-order chi connectivity index (χ0) is 13.0. The third-order valence-electron chi connectivity index (χ3n) is 3.79. The van der Waals surface area contributed by atoms with E-state index in [2.05, 4.69) is 19.1 Å². The molecule has 0 bridgehead atoms. The Morgan fingerprint density at radius 2 is 2.11 bits per heavy atom. The van der Waals surface area contributed by atoms with E-state index in [0.29, 0.717) is 24.9 Å². The first-order valence-electron chi connectivity index (χ1n) is 6.74. The van der Waals surface area contributed by atoms with Gasteiger partial charge in [0, 0.05) is 19.0 Å². The predicted molar refractivity (Wildman–Crippen MR) is 73.1 cm³/mol. The zero-order valence-corrected chi connectivity index (χ0v) is 11.0.